The lowest BCUT2D eigenvalue weighted by Crippen LogP contribution is -2.48. The summed E-state index contributed by atoms with van der Waals surface area (Å²) in [4.78, 5) is 29.8. The van der Waals surface area contributed by atoms with Gasteiger partial charge in [-0.05, 0) is 21.0 Å². The summed E-state index contributed by atoms with van der Waals surface area (Å²) in [5.41, 5.74) is 0.339. The van der Waals surface area contributed by atoms with Gasteiger partial charge in [-0.2, -0.15) is 0 Å². The largest absolute Gasteiger partial charge is 0.462 e. The van der Waals surface area contributed by atoms with Crippen LogP contribution in [0.3, 0.4) is 0 Å². The standard InChI is InChI=1S/C17H31N3O4/c1-15(2)17(22)24-14-13-23-16(21)5-6-19-9-11-20(12-10-19)8-7-18(3)4/h1,5-14H2,2-4H3. The molecule has 0 aliphatic carbocycles. The zero-order chi connectivity index (χ0) is 17.9. The van der Waals surface area contributed by atoms with Crippen molar-refractivity contribution >= 4 is 11.9 Å². The average molecular weight is 341 g/mol. The van der Waals surface area contributed by atoms with Crippen LogP contribution in [0.1, 0.15) is 13.3 Å². The molecule has 0 bridgehead atoms. The number of likely N-dealkylation sites (N-methyl/N-ethyl adjacent to an activating group) is 1. The van der Waals surface area contributed by atoms with Crippen LogP contribution in [0, 0.1) is 0 Å². The predicted molar refractivity (Wildman–Crippen MR) is 92.8 cm³/mol. The summed E-state index contributed by atoms with van der Waals surface area (Å²) in [5.74, 6) is -0.713. The molecule has 1 aliphatic rings. The molecule has 1 heterocycles. The molecule has 0 aromatic carbocycles. The summed E-state index contributed by atoms with van der Waals surface area (Å²) in [7, 11) is 4.17. The molecule has 0 aromatic heterocycles. The molecule has 7 nitrogen and oxygen atoms in total. The first-order chi connectivity index (χ1) is 11.4. The van der Waals surface area contributed by atoms with E-state index in [0.717, 1.165) is 39.3 Å². The van der Waals surface area contributed by atoms with Gasteiger partial charge >= 0.3 is 11.9 Å². The first-order valence-electron chi connectivity index (χ1n) is 8.46. The Morgan fingerprint density at radius 1 is 1.00 bits per heavy atom. The van der Waals surface area contributed by atoms with Crippen LogP contribution in [-0.4, -0.2) is 99.8 Å². The van der Waals surface area contributed by atoms with Crippen molar-refractivity contribution < 1.29 is 19.1 Å². The Labute approximate surface area is 145 Å². The highest BCUT2D eigenvalue weighted by Crippen LogP contribution is 2.03. The highest BCUT2D eigenvalue weighted by atomic mass is 16.6. The summed E-state index contributed by atoms with van der Waals surface area (Å²) in [6, 6.07) is 0. The van der Waals surface area contributed by atoms with Crippen LogP contribution < -0.4 is 0 Å². The highest BCUT2D eigenvalue weighted by Gasteiger charge is 2.17. The number of ether oxygens (including phenoxy) is 2. The molecule has 1 saturated heterocycles. The monoisotopic (exact) mass is 341 g/mol. The predicted octanol–water partition coefficient (Wildman–Crippen LogP) is 0.218. The number of nitrogens with zero attached hydrogens (tertiary/aromatic N) is 3. The van der Waals surface area contributed by atoms with E-state index >= 15 is 0 Å². The fourth-order valence-electron chi connectivity index (χ4n) is 2.31. The van der Waals surface area contributed by atoms with Crippen molar-refractivity contribution in [3.63, 3.8) is 0 Å². The van der Waals surface area contributed by atoms with E-state index in [1.165, 1.54) is 0 Å². The van der Waals surface area contributed by atoms with Gasteiger partial charge in [-0.3, -0.25) is 9.69 Å². The Kier molecular flexibility index (Phi) is 9.59. The maximum Gasteiger partial charge on any atom is 0.333 e. The van der Waals surface area contributed by atoms with Crippen LogP contribution in [0.15, 0.2) is 12.2 Å². The Balaban J connectivity index is 2.05. The topological polar surface area (TPSA) is 62.3 Å². The molecule has 0 N–H and O–H groups in total. The number of esters is 2. The molecule has 0 radical (unpaired) electrons. The molecule has 0 atom stereocenters. The third kappa shape index (κ3) is 9.00. The lowest BCUT2D eigenvalue weighted by Gasteiger charge is -2.35. The van der Waals surface area contributed by atoms with Crippen molar-refractivity contribution in [2.24, 2.45) is 0 Å². The summed E-state index contributed by atoms with van der Waals surface area (Å²) in [5, 5.41) is 0. The average Bonchev–Trinajstić information content (AvgIpc) is 2.55. The van der Waals surface area contributed by atoms with E-state index in [4.69, 9.17) is 9.47 Å². The van der Waals surface area contributed by atoms with Gasteiger partial charge in [0.1, 0.15) is 13.2 Å². The first-order valence-corrected chi connectivity index (χ1v) is 8.46. The quantitative estimate of drug-likeness (QED) is 0.320. The minimum absolute atomic E-state index is 0.0714. The minimum Gasteiger partial charge on any atom is -0.462 e. The van der Waals surface area contributed by atoms with Gasteiger partial charge in [0, 0.05) is 51.4 Å². The van der Waals surface area contributed by atoms with E-state index in [1.807, 2.05) is 0 Å². The number of hydrogen-bond acceptors (Lipinski definition) is 7. The van der Waals surface area contributed by atoms with E-state index in [0.29, 0.717) is 18.5 Å². The van der Waals surface area contributed by atoms with Crippen molar-refractivity contribution in [2.45, 2.75) is 13.3 Å². The maximum atomic E-state index is 11.7. The van der Waals surface area contributed by atoms with E-state index in [9.17, 15) is 9.59 Å². The Morgan fingerprint density at radius 2 is 1.54 bits per heavy atom. The Morgan fingerprint density at radius 3 is 2.08 bits per heavy atom. The van der Waals surface area contributed by atoms with Gasteiger partial charge in [0.05, 0.1) is 6.42 Å². The first kappa shape index (κ1) is 20.6. The summed E-state index contributed by atoms with van der Waals surface area (Å²) < 4.78 is 9.93. The lowest BCUT2D eigenvalue weighted by molar-refractivity contribution is -0.150. The number of hydrogen-bond donors (Lipinski definition) is 0. The number of rotatable bonds is 10. The van der Waals surface area contributed by atoms with Gasteiger partial charge in [-0.25, -0.2) is 4.79 Å². The smallest absolute Gasteiger partial charge is 0.333 e. The highest BCUT2D eigenvalue weighted by molar-refractivity contribution is 5.86. The third-order valence-corrected chi connectivity index (χ3v) is 3.89. The number of carbonyl (C=O) groups excluding carboxylic acids is 2. The zero-order valence-electron chi connectivity index (χ0n) is 15.3. The third-order valence-electron chi connectivity index (χ3n) is 3.89. The minimum atomic E-state index is -0.460. The fraction of sp³-hybridized carbons (Fsp3) is 0.765. The SMILES string of the molecule is C=C(C)C(=O)OCCOC(=O)CCN1CCN(CCN(C)C)CC1. The van der Waals surface area contributed by atoms with Crippen LogP contribution in [0.5, 0.6) is 0 Å². The van der Waals surface area contributed by atoms with Crippen molar-refractivity contribution in [2.75, 3.05) is 73.1 Å². The fourth-order valence-corrected chi connectivity index (χ4v) is 2.31. The van der Waals surface area contributed by atoms with Gasteiger partial charge in [0.25, 0.3) is 0 Å². The number of piperazine rings is 1. The van der Waals surface area contributed by atoms with Crippen molar-refractivity contribution in [1.82, 2.24) is 14.7 Å². The van der Waals surface area contributed by atoms with E-state index in [-0.39, 0.29) is 19.2 Å². The molecular weight excluding hydrogens is 310 g/mol. The van der Waals surface area contributed by atoms with Gasteiger partial charge in [-0.15, -0.1) is 0 Å². The van der Waals surface area contributed by atoms with Crippen LogP contribution in [0.2, 0.25) is 0 Å². The molecule has 7 heteroatoms. The van der Waals surface area contributed by atoms with Gasteiger partial charge in [0.2, 0.25) is 0 Å². The molecule has 0 unspecified atom stereocenters. The summed E-state index contributed by atoms with van der Waals surface area (Å²) >= 11 is 0. The molecule has 24 heavy (non-hydrogen) atoms. The molecule has 0 spiro atoms. The molecule has 1 rings (SSSR count). The van der Waals surface area contributed by atoms with Crippen molar-refractivity contribution in [3.05, 3.63) is 12.2 Å². The second-order valence-corrected chi connectivity index (χ2v) is 6.37. The van der Waals surface area contributed by atoms with Crippen molar-refractivity contribution in [3.8, 4) is 0 Å². The molecule has 1 aliphatic heterocycles. The molecule has 0 saturated carbocycles. The number of carbonyl (C=O) groups is 2. The van der Waals surface area contributed by atoms with E-state index in [2.05, 4.69) is 35.4 Å². The second kappa shape index (κ2) is 11.2. The van der Waals surface area contributed by atoms with Crippen LogP contribution >= 0.6 is 0 Å². The Hall–Kier alpha value is -1.44. The van der Waals surface area contributed by atoms with Gasteiger partial charge < -0.3 is 19.3 Å². The second-order valence-electron chi connectivity index (χ2n) is 6.37. The molecule has 0 aromatic rings. The van der Waals surface area contributed by atoms with Crippen LogP contribution in [-0.2, 0) is 19.1 Å². The van der Waals surface area contributed by atoms with Crippen LogP contribution in [0.25, 0.3) is 0 Å². The molecule has 1 fully saturated rings. The zero-order valence-corrected chi connectivity index (χ0v) is 15.3. The van der Waals surface area contributed by atoms with E-state index < -0.39 is 5.97 Å². The van der Waals surface area contributed by atoms with Gasteiger partial charge in [0.15, 0.2) is 0 Å². The van der Waals surface area contributed by atoms with E-state index in [1.54, 1.807) is 6.92 Å². The normalized spacial score (nSPS) is 16.2. The molecule has 0 amide bonds. The summed E-state index contributed by atoms with van der Waals surface area (Å²) in [6.45, 7) is 12.1. The molecule has 138 valence electrons. The van der Waals surface area contributed by atoms with Crippen LogP contribution in [0.4, 0.5) is 0 Å². The lowest BCUT2D eigenvalue weighted by atomic mass is 10.3. The maximum absolute atomic E-state index is 11.7. The Bertz CT molecular complexity index is 418. The molecular formula is C17H31N3O4. The summed E-state index contributed by atoms with van der Waals surface area (Å²) in [6.07, 6.45) is 0.367. The van der Waals surface area contributed by atoms with Crippen molar-refractivity contribution in [1.29, 1.82) is 0 Å². The van der Waals surface area contributed by atoms with Gasteiger partial charge in [-0.1, -0.05) is 6.58 Å².